The number of anilines is 1. The van der Waals surface area contributed by atoms with Crippen LogP contribution in [0.4, 0.5) is 5.69 Å². The summed E-state index contributed by atoms with van der Waals surface area (Å²) in [4.78, 5) is 24.1. The van der Waals surface area contributed by atoms with Crippen molar-refractivity contribution in [1.29, 1.82) is 0 Å². The number of hydrogen-bond acceptors (Lipinski definition) is 4. The lowest BCUT2D eigenvalue weighted by Crippen LogP contribution is -2.42. The van der Waals surface area contributed by atoms with Crippen LogP contribution in [0.5, 0.6) is 0 Å². The van der Waals surface area contributed by atoms with Crippen LogP contribution < -0.4 is 10.6 Å². The van der Waals surface area contributed by atoms with E-state index in [1.165, 1.54) is 0 Å². The standard InChI is InChI=1S/C21H32N2O4/c1-5-19(24)23-17-10-8-16(9-11-17)15(4)22-21(25)20(14(2)3)27-13-18-7-6-12-26-18/h8-11,14-15,18,20H,5-7,12-13H2,1-4H3,(H,22,25)(H,23,24)/t15-,18+,20-/m0/s1. The van der Waals surface area contributed by atoms with Crippen LogP contribution in [0, 0.1) is 5.92 Å². The fourth-order valence-corrected chi connectivity index (χ4v) is 3.04. The van der Waals surface area contributed by atoms with Crippen molar-refractivity contribution in [2.45, 2.75) is 65.2 Å². The molecule has 1 aromatic rings. The van der Waals surface area contributed by atoms with Gasteiger partial charge in [0.25, 0.3) is 0 Å². The van der Waals surface area contributed by atoms with Crippen LogP contribution in [0.25, 0.3) is 0 Å². The number of carbonyl (C=O) groups is 2. The summed E-state index contributed by atoms with van der Waals surface area (Å²) < 4.78 is 11.5. The van der Waals surface area contributed by atoms with Crippen LogP contribution in [-0.2, 0) is 19.1 Å². The molecule has 1 fully saturated rings. The van der Waals surface area contributed by atoms with E-state index in [2.05, 4.69) is 10.6 Å². The van der Waals surface area contributed by atoms with Gasteiger partial charge in [-0.2, -0.15) is 0 Å². The molecule has 6 nitrogen and oxygen atoms in total. The molecule has 6 heteroatoms. The van der Waals surface area contributed by atoms with Crippen LogP contribution in [0.3, 0.4) is 0 Å². The highest BCUT2D eigenvalue weighted by Crippen LogP contribution is 2.19. The van der Waals surface area contributed by atoms with Crippen molar-refractivity contribution in [3.8, 4) is 0 Å². The van der Waals surface area contributed by atoms with E-state index in [0.29, 0.717) is 13.0 Å². The first-order valence-corrected chi connectivity index (χ1v) is 9.84. The van der Waals surface area contributed by atoms with Gasteiger partial charge in [0.2, 0.25) is 11.8 Å². The van der Waals surface area contributed by atoms with Gasteiger partial charge in [0.1, 0.15) is 6.10 Å². The monoisotopic (exact) mass is 376 g/mol. The molecule has 0 aliphatic carbocycles. The predicted molar refractivity (Wildman–Crippen MR) is 105 cm³/mol. The molecule has 0 saturated carbocycles. The van der Waals surface area contributed by atoms with E-state index in [4.69, 9.17) is 9.47 Å². The molecular formula is C21H32N2O4. The lowest BCUT2D eigenvalue weighted by Gasteiger charge is -2.24. The number of rotatable bonds is 9. The first-order valence-electron chi connectivity index (χ1n) is 9.84. The van der Waals surface area contributed by atoms with Crippen LogP contribution in [0.1, 0.15) is 58.6 Å². The highest BCUT2D eigenvalue weighted by molar-refractivity contribution is 5.90. The average Bonchev–Trinajstić information content (AvgIpc) is 3.15. The highest BCUT2D eigenvalue weighted by Gasteiger charge is 2.26. The van der Waals surface area contributed by atoms with E-state index in [-0.39, 0.29) is 29.9 Å². The van der Waals surface area contributed by atoms with Crippen molar-refractivity contribution >= 4 is 17.5 Å². The topological polar surface area (TPSA) is 76.7 Å². The zero-order valence-corrected chi connectivity index (χ0v) is 16.8. The van der Waals surface area contributed by atoms with Gasteiger partial charge in [0.15, 0.2) is 0 Å². The van der Waals surface area contributed by atoms with Crippen molar-refractivity contribution in [2.75, 3.05) is 18.5 Å². The third-order valence-corrected chi connectivity index (χ3v) is 4.72. The number of benzene rings is 1. The quantitative estimate of drug-likeness (QED) is 0.692. The second-order valence-corrected chi connectivity index (χ2v) is 7.39. The predicted octanol–water partition coefficient (Wildman–Crippen LogP) is 3.43. The zero-order valence-electron chi connectivity index (χ0n) is 16.8. The van der Waals surface area contributed by atoms with Crippen LogP contribution in [0.2, 0.25) is 0 Å². The Kier molecular flexibility index (Phi) is 8.25. The minimum absolute atomic E-state index is 0.0210. The summed E-state index contributed by atoms with van der Waals surface area (Å²) in [5.41, 5.74) is 1.73. The molecule has 0 unspecified atom stereocenters. The Hall–Kier alpha value is -1.92. The maximum Gasteiger partial charge on any atom is 0.249 e. The Morgan fingerprint density at radius 2 is 1.93 bits per heavy atom. The normalized spacial score (nSPS) is 18.9. The Bertz CT molecular complexity index is 609. The highest BCUT2D eigenvalue weighted by atomic mass is 16.5. The first-order chi connectivity index (χ1) is 12.9. The molecule has 0 spiro atoms. The molecule has 2 amide bonds. The number of hydrogen-bond donors (Lipinski definition) is 2. The molecule has 1 aromatic carbocycles. The Morgan fingerprint density at radius 3 is 2.48 bits per heavy atom. The van der Waals surface area contributed by atoms with Crippen LogP contribution in [0.15, 0.2) is 24.3 Å². The summed E-state index contributed by atoms with van der Waals surface area (Å²) in [5.74, 6) is -0.0589. The molecule has 0 radical (unpaired) electrons. The molecule has 1 saturated heterocycles. The minimum atomic E-state index is -0.500. The van der Waals surface area contributed by atoms with E-state index < -0.39 is 6.10 Å². The largest absolute Gasteiger partial charge is 0.376 e. The molecule has 3 atom stereocenters. The van der Waals surface area contributed by atoms with Gasteiger partial charge in [-0.3, -0.25) is 9.59 Å². The summed E-state index contributed by atoms with van der Waals surface area (Å²) in [6.45, 7) is 8.95. The van der Waals surface area contributed by atoms with Crippen molar-refractivity contribution in [3.05, 3.63) is 29.8 Å². The van der Waals surface area contributed by atoms with E-state index in [9.17, 15) is 9.59 Å². The van der Waals surface area contributed by atoms with E-state index in [0.717, 1.165) is 30.7 Å². The molecule has 2 N–H and O–H groups in total. The summed E-state index contributed by atoms with van der Waals surface area (Å²) in [6, 6.07) is 7.36. The lowest BCUT2D eigenvalue weighted by molar-refractivity contribution is -0.139. The third-order valence-electron chi connectivity index (χ3n) is 4.72. The molecule has 27 heavy (non-hydrogen) atoms. The molecule has 0 aromatic heterocycles. The zero-order chi connectivity index (χ0) is 19.8. The molecule has 150 valence electrons. The summed E-state index contributed by atoms with van der Waals surface area (Å²) in [6.07, 6.45) is 2.08. The van der Waals surface area contributed by atoms with Gasteiger partial charge in [0.05, 0.1) is 18.8 Å². The fraction of sp³-hybridized carbons (Fsp3) is 0.619. The first kappa shape index (κ1) is 21.4. The molecule has 2 rings (SSSR count). The second kappa shape index (κ2) is 10.4. The van der Waals surface area contributed by atoms with Gasteiger partial charge in [-0.25, -0.2) is 0 Å². The smallest absolute Gasteiger partial charge is 0.249 e. The van der Waals surface area contributed by atoms with E-state index in [1.807, 2.05) is 52.0 Å². The molecule has 0 bridgehead atoms. The number of amides is 2. The summed E-state index contributed by atoms with van der Waals surface area (Å²) in [7, 11) is 0. The van der Waals surface area contributed by atoms with Gasteiger partial charge >= 0.3 is 0 Å². The van der Waals surface area contributed by atoms with Crippen molar-refractivity contribution in [1.82, 2.24) is 5.32 Å². The van der Waals surface area contributed by atoms with Crippen LogP contribution >= 0.6 is 0 Å². The maximum absolute atomic E-state index is 12.7. The number of carbonyl (C=O) groups excluding carboxylic acids is 2. The summed E-state index contributed by atoms with van der Waals surface area (Å²) >= 11 is 0. The Balaban J connectivity index is 1.90. The Labute approximate surface area is 162 Å². The fourth-order valence-electron chi connectivity index (χ4n) is 3.04. The lowest BCUT2D eigenvalue weighted by atomic mass is 10.0. The van der Waals surface area contributed by atoms with E-state index >= 15 is 0 Å². The van der Waals surface area contributed by atoms with Gasteiger partial charge in [0, 0.05) is 18.7 Å². The maximum atomic E-state index is 12.7. The van der Waals surface area contributed by atoms with Crippen molar-refractivity contribution in [3.63, 3.8) is 0 Å². The number of nitrogens with one attached hydrogen (secondary N) is 2. The van der Waals surface area contributed by atoms with Gasteiger partial charge in [-0.1, -0.05) is 32.9 Å². The molecule has 1 heterocycles. The van der Waals surface area contributed by atoms with Gasteiger partial charge in [-0.15, -0.1) is 0 Å². The van der Waals surface area contributed by atoms with Crippen molar-refractivity contribution in [2.24, 2.45) is 5.92 Å². The van der Waals surface area contributed by atoms with Crippen molar-refractivity contribution < 1.29 is 19.1 Å². The minimum Gasteiger partial charge on any atom is -0.376 e. The summed E-state index contributed by atoms with van der Waals surface area (Å²) in [5, 5.41) is 5.85. The molecular weight excluding hydrogens is 344 g/mol. The van der Waals surface area contributed by atoms with Gasteiger partial charge < -0.3 is 20.1 Å². The third kappa shape index (κ3) is 6.63. The molecule has 1 aliphatic rings. The SMILES string of the molecule is CCC(=O)Nc1ccc([C@H](C)NC(=O)[C@@H](OC[C@H]2CCCO2)C(C)C)cc1. The number of ether oxygens (including phenoxy) is 2. The van der Waals surface area contributed by atoms with Crippen LogP contribution in [-0.4, -0.2) is 37.2 Å². The Morgan fingerprint density at radius 1 is 1.22 bits per heavy atom. The van der Waals surface area contributed by atoms with E-state index in [1.54, 1.807) is 0 Å². The average molecular weight is 376 g/mol. The second-order valence-electron chi connectivity index (χ2n) is 7.39. The molecule has 1 aliphatic heterocycles. The van der Waals surface area contributed by atoms with Gasteiger partial charge in [-0.05, 0) is 43.4 Å².